The molecule has 0 atom stereocenters. The third-order valence-corrected chi connectivity index (χ3v) is 3.51. The maximum Gasteiger partial charge on any atom is 0.203 e. The Labute approximate surface area is 140 Å². The summed E-state index contributed by atoms with van der Waals surface area (Å²) in [5, 5.41) is 19.9. The smallest absolute Gasteiger partial charge is 0.203 e. The van der Waals surface area contributed by atoms with E-state index in [9.17, 15) is 10.2 Å². The molecule has 0 saturated heterocycles. The summed E-state index contributed by atoms with van der Waals surface area (Å²) in [4.78, 5) is 0. The predicted molar refractivity (Wildman–Crippen MR) is 91.3 cm³/mol. The van der Waals surface area contributed by atoms with Crippen molar-refractivity contribution in [1.82, 2.24) is 0 Å². The number of rotatable bonds is 6. The maximum atomic E-state index is 10.0. The molecule has 6 nitrogen and oxygen atoms in total. The Bertz CT molecular complexity index is 726. The fraction of sp³-hybridized carbons (Fsp3) is 0.222. The lowest BCUT2D eigenvalue weighted by atomic mass is 10.1. The molecule has 0 fully saturated rings. The van der Waals surface area contributed by atoms with Crippen LogP contribution in [0.5, 0.6) is 34.5 Å². The Kier molecular flexibility index (Phi) is 5.42. The molecular formula is C18H20O6. The summed E-state index contributed by atoms with van der Waals surface area (Å²) >= 11 is 0. The van der Waals surface area contributed by atoms with Gasteiger partial charge in [-0.2, -0.15) is 0 Å². The third-order valence-electron chi connectivity index (χ3n) is 3.51. The standard InChI is InChI=1S/C18H20O6/c1-21-13-8-7-12(16(19)17(13)20)6-5-11-9-14(22-2)18(24-4)15(10-11)23-3/h5-10,19-20H,1-4H3/b6-5-/i4+2. The Morgan fingerprint density at radius 2 is 1.42 bits per heavy atom. The number of ether oxygens (including phenoxy) is 4. The van der Waals surface area contributed by atoms with Crippen LogP contribution in [-0.4, -0.2) is 38.7 Å². The van der Waals surface area contributed by atoms with Crippen LogP contribution in [0.3, 0.4) is 0 Å². The summed E-state index contributed by atoms with van der Waals surface area (Å²) in [6, 6.07) is 6.77. The summed E-state index contributed by atoms with van der Waals surface area (Å²) in [7, 11) is 6.03. The van der Waals surface area contributed by atoms with E-state index in [-0.39, 0.29) is 17.2 Å². The predicted octanol–water partition coefficient (Wildman–Crippen LogP) is 3.30. The van der Waals surface area contributed by atoms with Crippen molar-refractivity contribution in [2.24, 2.45) is 0 Å². The average Bonchev–Trinajstić information content (AvgIpc) is 2.61. The lowest BCUT2D eigenvalue weighted by Gasteiger charge is -2.13. The molecule has 24 heavy (non-hydrogen) atoms. The molecule has 0 spiro atoms. The second kappa shape index (κ2) is 7.50. The monoisotopic (exact) mass is 334 g/mol. The number of phenols is 2. The first-order valence-electron chi connectivity index (χ1n) is 7.12. The molecule has 0 heterocycles. The van der Waals surface area contributed by atoms with Crippen LogP contribution < -0.4 is 18.9 Å². The zero-order valence-corrected chi connectivity index (χ0v) is 14.0. The highest BCUT2D eigenvalue weighted by atomic mass is 16.6. The molecule has 6 heteroatoms. The maximum absolute atomic E-state index is 10.0. The fourth-order valence-electron chi connectivity index (χ4n) is 2.26. The van der Waals surface area contributed by atoms with Crippen molar-refractivity contribution in [2.45, 2.75) is 0 Å². The van der Waals surface area contributed by atoms with Crippen molar-refractivity contribution < 1.29 is 29.2 Å². The van der Waals surface area contributed by atoms with Gasteiger partial charge in [-0.25, -0.2) is 0 Å². The van der Waals surface area contributed by atoms with Crippen LogP contribution in [0.15, 0.2) is 24.3 Å². The minimum absolute atomic E-state index is 0.206. The number of benzene rings is 2. The van der Waals surface area contributed by atoms with E-state index in [2.05, 4.69) is 0 Å². The fourth-order valence-corrected chi connectivity index (χ4v) is 2.26. The first-order valence-corrected chi connectivity index (χ1v) is 7.12. The van der Waals surface area contributed by atoms with Crippen LogP contribution >= 0.6 is 0 Å². The highest BCUT2D eigenvalue weighted by Gasteiger charge is 2.13. The summed E-state index contributed by atoms with van der Waals surface area (Å²) in [5.74, 6) is 1.21. The number of methoxy groups -OCH3 is 4. The number of hydrogen-bond donors (Lipinski definition) is 2. The van der Waals surface area contributed by atoms with E-state index in [1.165, 1.54) is 28.4 Å². The number of aromatic hydroxyl groups is 2. The lowest BCUT2D eigenvalue weighted by molar-refractivity contribution is 0.324. The molecule has 0 aromatic heterocycles. The van der Waals surface area contributed by atoms with Crippen molar-refractivity contribution in [1.29, 1.82) is 0 Å². The van der Waals surface area contributed by atoms with Gasteiger partial charge in [-0.1, -0.05) is 12.2 Å². The van der Waals surface area contributed by atoms with Crippen molar-refractivity contribution >= 4 is 12.2 Å². The van der Waals surface area contributed by atoms with Gasteiger partial charge in [0.25, 0.3) is 0 Å². The van der Waals surface area contributed by atoms with Crippen molar-refractivity contribution in [3.8, 4) is 34.5 Å². The lowest BCUT2D eigenvalue weighted by Crippen LogP contribution is -1.95. The van der Waals surface area contributed by atoms with E-state index in [4.69, 9.17) is 18.9 Å². The minimum Gasteiger partial charge on any atom is -0.504 e. The van der Waals surface area contributed by atoms with E-state index in [0.29, 0.717) is 22.8 Å². The highest BCUT2D eigenvalue weighted by Crippen LogP contribution is 2.40. The summed E-state index contributed by atoms with van der Waals surface area (Å²) < 4.78 is 20.8. The molecule has 0 unspecified atom stereocenters. The van der Waals surface area contributed by atoms with Crippen LogP contribution in [0, 0.1) is 0 Å². The zero-order chi connectivity index (χ0) is 17.7. The van der Waals surface area contributed by atoms with Gasteiger partial charge in [0.1, 0.15) is 0 Å². The molecule has 128 valence electrons. The number of hydrogen-bond acceptors (Lipinski definition) is 6. The van der Waals surface area contributed by atoms with Crippen LogP contribution in [0.1, 0.15) is 11.1 Å². The molecule has 0 radical (unpaired) electrons. The summed E-state index contributed by atoms with van der Waals surface area (Å²) in [6.07, 6.45) is 3.42. The molecule has 0 saturated carbocycles. The highest BCUT2D eigenvalue weighted by molar-refractivity contribution is 5.76. The second-order valence-corrected chi connectivity index (χ2v) is 4.85. The van der Waals surface area contributed by atoms with Gasteiger partial charge in [-0.3, -0.25) is 0 Å². The second-order valence-electron chi connectivity index (χ2n) is 4.85. The van der Waals surface area contributed by atoms with Crippen molar-refractivity contribution in [2.75, 3.05) is 28.4 Å². The third kappa shape index (κ3) is 3.32. The van der Waals surface area contributed by atoms with E-state index in [0.717, 1.165) is 5.56 Å². The molecule has 2 aromatic carbocycles. The molecule has 0 amide bonds. The van der Waals surface area contributed by atoms with Gasteiger partial charge in [0.15, 0.2) is 23.0 Å². The largest absolute Gasteiger partial charge is 0.504 e. The molecule has 2 rings (SSSR count). The van der Waals surface area contributed by atoms with Gasteiger partial charge in [0, 0.05) is 5.56 Å². The van der Waals surface area contributed by atoms with Crippen LogP contribution in [0.25, 0.3) is 12.2 Å². The SMILES string of the molecule is COc1ccc(/C=C\c2cc(OC)c(O[14CH3])c(OC)c2)c(O)c1O. The molecule has 0 bridgehead atoms. The molecule has 2 N–H and O–H groups in total. The van der Waals surface area contributed by atoms with E-state index >= 15 is 0 Å². The van der Waals surface area contributed by atoms with Crippen molar-refractivity contribution in [3.05, 3.63) is 35.4 Å². The van der Waals surface area contributed by atoms with E-state index < -0.39 is 0 Å². The van der Waals surface area contributed by atoms with Crippen molar-refractivity contribution in [3.63, 3.8) is 0 Å². The Balaban J connectivity index is 2.41. The molecular weight excluding hydrogens is 314 g/mol. The summed E-state index contributed by atoms with van der Waals surface area (Å²) in [6.45, 7) is 0. The summed E-state index contributed by atoms with van der Waals surface area (Å²) in [5.41, 5.74) is 1.22. The zero-order valence-electron chi connectivity index (χ0n) is 14.0. The molecule has 0 aliphatic heterocycles. The van der Waals surface area contributed by atoms with Gasteiger partial charge in [0.05, 0.1) is 28.4 Å². The molecule has 2 aromatic rings. The Hall–Kier alpha value is -3.02. The van der Waals surface area contributed by atoms with Gasteiger partial charge >= 0.3 is 0 Å². The quantitative estimate of drug-likeness (QED) is 0.623. The average molecular weight is 334 g/mol. The Morgan fingerprint density at radius 3 is 1.92 bits per heavy atom. The van der Waals surface area contributed by atoms with E-state index in [1.54, 1.807) is 36.4 Å². The van der Waals surface area contributed by atoms with Gasteiger partial charge in [-0.05, 0) is 29.8 Å². The molecule has 0 aliphatic rings. The minimum atomic E-state index is -0.301. The van der Waals surface area contributed by atoms with Crippen LogP contribution in [0.4, 0.5) is 0 Å². The molecule has 0 aliphatic carbocycles. The normalized spacial score (nSPS) is 10.7. The van der Waals surface area contributed by atoms with Gasteiger partial charge in [-0.15, -0.1) is 0 Å². The van der Waals surface area contributed by atoms with Crippen LogP contribution in [-0.2, 0) is 0 Å². The number of phenolic OH excluding ortho intramolecular Hbond substituents is 2. The van der Waals surface area contributed by atoms with Gasteiger partial charge < -0.3 is 29.2 Å². The topological polar surface area (TPSA) is 77.4 Å². The first kappa shape index (κ1) is 17.3. The Morgan fingerprint density at radius 1 is 0.833 bits per heavy atom. The van der Waals surface area contributed by atoms with Gasteiger partial charge in [0.2, 0.25) is 11.5 Å². The first-order chi connectivity index (χ1) is 11.5. The van der Waals surface area contributed by atoms with Crippen LogP contribution in [0.2, 0.25) is 0 Å². The van der Waals surface area contributed by atoms with E-state index in [1.807, 2.05) is 0 Å².